The molecule has 2 fully saturated rings. The average Bonchev–Trinajstić information content (AvgIpc) is 2.84. The summed E-state index contributed by atoms with van der Waals surface area (Å²) in [6.07, 6.45) is 8.62. The van der Waals surface area contributed by atoms with E-state index in [2.05, 4.69) is 36.1 Å². The van der Waals surface area contributed by atoms with Crippen LogP contribution in [0, 0.1) is 11.8 Å². The van der Waals surface area contributed by atoms with E-state index in [1.807, 2.05) is 0 Å². The van der Waals surface area contributed by atoms with E-state index >= 15 is 0 Å². The van der Waals surface area contributed by atoms with Crippen LogP contribution < -0.4 is 5.32 Å². The van der Waals surface area contributed by atoms with Crippen LogP contribution in [0.25, 0.3) is 0 Å². The van der Waals surface area contributed by atoms with E-state index in [0.29, 0.717) is 6.04 Å². The second kappa shape index (κ2) is 8.35. The van der Waals surface area contributed by atoms with Crippen LogP contribution in [0.2, 0.25) is 0 Å². The Morgan fingerprint density at radius 2 is 1.95 bits per heavy atom. The van der Waals surface area contributed by atoms with E-state index < -0.39 is 0 Å². The van der Waals surface area contributed by atoms with Gasteiger partial charge in [-0.05, 0) is 58.3 Å². The van der Waals surface area contributed by atoms with Crippen molar-refractivity contribution in [3.63, 3.8) is 0 Å². The molecule has 1 saturated carbocycles. The predicted molar refractivity (Wildman–Crippen MR) is 87.1 cm³/mol. The van der Waals surface area contributed by atoms with Crippen LogP contribution in [0.4, 0.5) is 0 Å². The lowest BCUT2D eigenvalue weighted by Gasteiger charge is -2.34. The fourth-order valence-corrected chi connectivity index (χ4v) is 4.21. The van der Waals surface area contributed by atoms with Gasteiger partial charge in [0.05, 0.1) is 0 Å². The van der Waals surface area contributed by atoms with E-state index in [9.17, 15) is 0 Å². The molecule has 0 radical (unpaired) electrons. The summed E-state index contributed by atoms with van der Waals surface area (Å²) >= 11 is 0. The van der Waals surface area contributed by atoms with Gasteiger partial charge in [0.25, 0.3) is 0 Å². The topological polar surface area (TPSA) is 18.5 Å². The molecule has 0 aromatic rings. The first kappa shape index (κ1) is 16.3. The number of likely N-dealkylation sites (tertiary alicyclic amines) is 1. The number of hydrogen-bond donors (Lipinski definition) is 1. The van der Waals surface area contributed by atoms with Crippen molar-refractivity contribution in [1.82, 2.24) is 15.1 Å². The minimum absolute atomic E-state index is 0.712. The Labute approximate surface area is 126 Å². The molecular weight excluding hydrogens is 246 g/mol. The number of rotatable bonds is 7. The third-order valence-electron chi connectivity index (χ3n) is 5.25. The first-order valence-electron chi connectivity index (χ1n) is 8.79. The number of nitrogens with one attached hydrogen (secondary N) is 1. The van der Waals surface area contributed by atoms with Crippen molar-refractivity contribution >= 4 is 0 Å². The summed E-state index contributed by atoms with van der Waals surface area (Å²) in [5.74, 6) is 1.80. The van der Waals surface area contributed by atoms with Crippen molar-refractivity contribution in [1.29, 1.82) is 0 Å². The van der Waals surface area contributed by atoms with Crippen molar-refractivity contribution in [2.45, 2.75) is 51.5 Å². The Kier molecular flexibility index (Phi) is 6.79. The maximum absolute atomic E-state index is 3.76. The lowest BCUT2D eigenvalue weighted by atomic mass is 9.83. The Balaban J connectivity index is 1.77. The first-order chi connectivity index (χ1) is 9.69. The molecule has 118 valence electrons. The van der Waals surface area contributed by atoms with Gasteiger partial charge in [0.15, 0.2) is 0 Å². The average molecular weight is 281 g/mol. The van der Waals surface area contributed by atoms with Gasteiger partial charge in [-0.2, -0.15) is 0 Å². The maximum atomic E-state index is 3.76. The molecule has 2 rings (SSSR count). The van der Waals surface area contributed by atoms with E-state index in [1.165, 1.54) is 64.7 Å². The minimum atomic E-state index is 0.712. The molecule has 1 aliphatic heterocycles. The fourth-order valence-electron chi connectivity index (χ4n) is 4.21. The molecule has 1 heterocycles. The van der Waals surface area contributed by atoms with Crippen LogP contribution in [-0.2, 0) is 0 Å². The van der Waals surface area contributed by atoms with Crippen LogP contribution >= 0.6 is 0 Å². The standard InChI is InChI=1S/C17H35N3/c1-4-18-17(16-8-6-5-7-9-16)14-20(3)13-15-10-11-19(2)12-15/h15-18H,4-14H2,1-3H3. The maximum Gasteiger partial charge on any atom is 0.0222 e. The fraction of sp³-hybridized carbons (Fsp3) is 1.00. The Hall–Kier alpha value is -0.120. The van der Waals surface area contributed by atoms with Crippen LogP contribution in [0.15, 0.2) is 0 Å². The van der Waals surface area contributed by atoms with Crippen molar-refractivity contribution < 1.29 is 0 Å². The summed E-state index contributed by atoms with van der Waals surface area (Å²) in [7, 11) is 4.58. The highest BCUT2D eigenvalue weighted by Crippen LogP contribution is 2.27. The molecule has 0 bridgehead atoms. The number of likely N-dealkylation sites (N-methyl/N-ethyl adjacent to an activating group) is 2. The molecule has 1 N–H and O–H groups in total. The minimum Gasteiger partial charge on any atom is -0.313 e. The third kappa shape index (κ3) is 5.01. The Morgan fingerprint density at radius 3 is 2.55 bits per heavy atom. The van der Waals surface area contributed by atoms with E-state index in [4.69, 9.17) is 0 Å². The Morgan fingerprint density at radius 1 is 1.20 bits per heavy atom. The second-order valence-corrected chi connectivity index (χ2v) is 7.20. The van der Waals surface area contributed by atoms with Gasteiger partial charge in [-0.25, -0.2) is 0 Å². The zero-order chi connectivity index (χ0) is 14.4. The molecule has 0 aromatic carbocycles. The van der Waals surface area contributed by atoms with Crippen LogP contribution in [0.5, 0.6) is 0 Å². The Bertz CT molecular complexity index is 263. The quantitative estimate of drug-likeness (QED) is 0.773. The summed E-state index contributed by atoms with van der Waals surface area (Å²) < 4.78 is 0. The highest BCUT2D eigenvalue weighted by atomic mass is 15.2. The van der Waals surface area contributed by atoms with Gasteiger partial charge in [0.2, 0.25) is 0 Å². The van der Waals surface area contributed by atoms with Crippen LogP contribution in [0.1, 0.15) is 45.4 Å². The van der Waals surface area contributed by atoms with Crippen molar-refractivity contribution in [2.75, 3.05) is 46.8 Å². The van der Waals surface area contributed by atoms with Gasteiger partial charge >= 0.3 is 0 Å². The highest BCUT2D eigenvalue weighted by molar-refractivity contribution is 4.83. The molecular formula is C17H35N3. The summed E-state index contributed by atoms with van der Waals surface area (Å²) in [6, 6.07) is 0.712. The van der Waals surface area contributed by atoms with Crippen molar-refractivity contribution in [3.8, 4) is 0 Å². The van der Waals surface area contributed by atoms with Crippen LogP contribution in [0.3, 0.4) is 0 Å². The van der Waals surface area contributed by atoms with E-state index in [-0.39, 0.29) is 0 Å². The predicted octanol–water partition coefficient (Wildman–Crippen LogP) is 2.43. The molecule has 0 spiro atoms. The van der Waals surface area contributed by atoms with Gasteiger partial charge < -0.3 is 15.1 Å². The zero-order valence-corrected chi connectivity index (χ0v) is 13.9. The third-order valence-corrected chi connectivity index (χ3v) is 5.25. The van der Waals surface area contributed by atoms with Gasteiger partial charge in [-0.3, -0.25) is 0 Å². The normalized spacial score (nSPS) is 27.3. The highest BCUT2D eigenvalue weighted by Gasteiger charge is 2.26. The van der Waals surface area contributed by atoms with Gasteiger partial charge in [0.1, 0.15) is 0 Å². The molecule has 2 aliphatic rings. The van der Waals surface area contributed by atoms with Gasteiger partial charge in [-0.15, -0.1) is 0 Å². The lowest BCUT2D eigenvalue weighted by Crippen LogP contribution is -2.46. The molecule has 3 heteroatoms. The van der Waals surface area contributed by atoms with Gasteiger partial charge in [0, 0.05) is 25.7 Å². The largest absolute Gasteiger partial charge is 0.313 e. The smallest absolute Gasteiger partial charge is 0.0222 e. The van der Waals surface area contributed by atoms with Crippen molar-refractivity contribution in [2.24, 2.45) is 11.8 Å². The summed E-state index contributed by atoms with van der Waals surface area (Å²) in [6.45, 7) is 8.46. The molecule has 1 saturated heterocycles. The second-order valence-electron chi connectivity index (χ2n) is 7.20. The number of nitrogens with zero attached hydrogens (tertiary/aromatic N) is 2. The molecule has 20 heavy (non-hydrogen) atoms. The number of hydrogen-bond acceptors (Lipinski definition) is 3. The van der Waals surface area contributed by atoms with E-state index in [1.54, 1.807) is 0 Å². The van der Waals surface area contributed by atoms with Crippen LogP contribution in [-0.4, -0.2) is 62.7 Å². The molecule has 1 aliphatic carbocycles. The lowest BCUT2D eigenvalue weighted by molar-refractivity contribution is 0.190. The summed E-state index contributed by atoms with van der Waals surface area (Å²) in [4.78, 5) is 5.06. The monoisotopic (exact) mass is 281 g/mol. The summed E-state index contributed by atoms with van der Waals surface area (Å²) in [5, 5.41) is 3.76. The summed E-state index contributed by atoms with van der Waals surface area (Å²) in [5.41, 5.74) is 0. The first-order valence-corrected chi connectivity index (χ1v) is 8.79. The molecule has 2 atom stereocenters. The molecule has 2 unspecified atom stereocenters. The molecule has 0 amide bonds. The van der Waals surface area contributed by atoms with E-state index in [0.717, 1.165) is 18.4 Å². The van der Waals surface area contributed by atoms with Crippen molar-refractivity contribution in [3.05, 3.63) is 0 Å². The molecule has 3 nitrogen and oxygen atoms in total. The SMILES string of the molecule is CCNC(CN(C)CC1CCN(C)C1)C1CCCCC1. The molecule has 0 aromatic heterocycles. The zero-order valence-electron chi connectivity index (χ0n) is 13.9. The van der Waals surface area contributed by atoms with Gasteiger partial charge in [-0.1, -0.05) is 26.2 Å².